The normalized spacial score (nSPS) is 12.0. The molecular weight excluding hydrogens is 266 g/mol. The van der Waals surface area contributed by atoms with Crippen molar-refractivity contribution in [1.82, 2.24) is 15.1 Å². The smallest absolute Gasteiger partial charge is 0.329 e. The topological polar surface area (TPSA) is 73.2 Å². The highest BCUT2D eigenvalue weighted by molar-refractivity contribution is 7.80. The van der Waals surface area contributed by atoms with Crippen molar-refractivity contribution in [1.29, 1.82) is 0 Å². The molecule has 1 atom stereocenters. The van der Waals surface area contributed by atoms with Gasteiger partial charge in [0.25, 0.3) is 5.91 Å². The number of aromatic nitrogens is 2. The number of rotatable bonds is 6. The molecule has 0 saturated heterocycles. The molecule has 0 aromatic carbocycles. The predicted molar refractivity (Wildman–Crippen MR) is 74.4 cm³/mol. The SMILES string of the molecule is CCOC(=O)[C@H](CS)NC(=O)c1cn(CC)nc1C. The number of hydrogen-bond acceptors (Lipinski definition) is 5. The Bertz CT molecular complexity index is 459. The number of ether oxygens (including phenoxy) is 1. The van der Waals surface area contributed by atoms with Crippen LogP contribution < -0.4 is 5.32 Å². The van der Waals surface area contributed by atoms with Crippen molar-refractivity contribution >= 4 is 24.5 Å². The maximum absolute atomic E-state index is 12.1. The number of nitrogens with one attached hydrogen (secondary N) is 1. The minimum atomic E-state index is -0.750. The number of nitrogens with zero attached hydrogens (tertiary/aromatic N) is 2. The molecule has 0 spiro atoms. The van der Waals surface area contributed by atoms with Crippen LogP contribution in [0, 0.1) is 6.92 Å². The molecule has 6 nitrogen and oxygen atoms in total. The molecule has 1 amide bonds. The van der Waals surface area contributed by atoms with Gasteiger partial charge in [0.1, 0.15) is 6.04 Å². The maximum Gasteiger partial charge on any atom is 0.329 e. The Kier molecular flexibility index (Phi) is 5.88. The van der Waals surface area contributed by atoms with E-state index in [0.717, 1.165) is 0 Å². The van der Waals surface area contributed by atoms with Gasteiger partial charge < -0.3 is 10.1 Å². The molecule has 0 saturated carbocycles. The van der Waals surface area contributed by atoms with Crippen molar-refractivity contribution in [2.75, 3.05) is 12.4 Å². The fourth-order valence-electron chi connectivity index (χ4n) is 1.56. The molecule has 0 aliphatic heterocycles. The summed E-state index contributed by atoms with van der Waals surface area (Å²) in [5, 5.41) is 6.79. The first-order chi connectivity index (χ1) is 9.03. The van der Waals surface area contributed by atoms with E-state index >= 15 is 0 Å². The summed E-state index contributed by atoms with van der Waals surface area (Å²) in [6.07, 6.45) is 1.66. The van der Waals surface area contributed by atoms with Crippen LogP contribution in [-0.2, 0) is 16.1 Å². The summed E-state index contributed by atoms with van der Waals surface area (Å²) in [6.45, 7) is 6.35. The molecule has 0 aliphatic carbocycles. The van der Waals surface area contributed by atoms with Crippen molar-refractivity contribution in [2.24, 2.45) is 0 Å². The van der Waals surface area contributed by atoms with E-state index in [0.29, 0.717) is 17.8 Å². The highest BCUT2D eigenvalue weighted by Gasteiger charge is 2.22. The second-order valence-electron chi connectivity index (χ2n) is 3.94. The Labute approximate surface area is 117 Å². The van der Waals surface area contributed by atoms with Gasteiger partial charge in [-0.1, -0.05) is 0 Å². The summed E-state index contributed by atoms with van der Waals surface area (Å²) < 4.78 is 6.54. The van der Waals surface area contributed by atoms with Gasteiger partial charge in [0, 0.05) is 18.5 Å². The molecule has 106 valence electrons. The number of carbonyl (C=O) groups is 2. The van der Waals surface area contributed by atoms with Crippen LogP contribution in [0.4, 0.5) is 0 Å². The minimum Gasteiger partial charge on any atom is -0.464 e. The van der Waals surface area contributed by atoms with Gasteiger partial charge in [-0.05, 0) is 20.8 Å². The average Bonchev–Trinajstić information content (AvgIpc) is 2.77. The second kappa shape index (κ2) is 7.18. The zero-order valence-corrected chi connectivity index (χ0v) is 12.2. The van der Waals surface area contributed by atoms with Gasteiger partial charge in [0.05, 0.1) is 17.9 Å². The molecule has 0 unspecified atom stereocenters. The Morgan fingerprint density at radius 1 is 1.53 bits per heavy atom. The van der Waals surface area contributed by atoms with Crippen molar-refractivity contribution in [3.8, 4) is 0 Å². The highest BCUT2D eigenvalue weighted by atomic mass is 32.1. The standard InChI is InChI=1S/C12H19N3O3S/c1-4-15-6-9(8(3)14-15)11(16)13-10(7-19)12(17)18-5-2/h6,10,19H,4-5,7H2,1-3H3,(H,13,16)/t10-/m0/s1. The first kappa shape index (κ1) is 15.6. The van der Waals surface area contributed by atoms with Crippen molar-refractivity contribution in [3.05, 3.63) is 17.5 Å². The maximum atomic E-state index is 12.1. The van der Waals surface area contributed by atoms with Crippen molar-refractivity contribution < 1.29 is 14.3 Å². The number of hydrogen-bond donors (Lipinski definition) is 2. The van der Waals surface area contributed by atoms with E-state index in [1.165, 1.54) is 0 Å². The van der Waals surface area contributed by atoms with Crippen LogP contribution in [0.2, 0.25) is 0 Å². The average molecular weight is 285 g/mol. The lowest BCUT2D eigenvalue weighted by molar-refractivity contribution is -0.144. The van der Waals surface area contributed by atoms with Gasteiger partial charge in [-0.25, -0.2) is 4.79 Å². The van der Waals surface area contributed by atoms with E-state index in [9.17, 15) is 9.59 Å². The van der Waals surface area contributed by atoms with E-state index in [1.807, 2.05) is 6.92 Å². The first-order valence-electron chi connectivity index (χ1n) is 6.15. The third kappa shape index (κ3) is 3.99. The van der Waals surface area contributed by atoms with Crippen molar-refractivity contribution in [3.63, 3.8) is 0 Å². The van der Waals surface area contributed by atoms with E-state index in [1.54, 1.807) is 24.7 Å². The number of thiol groups is 1. The Morgan fingerprint density at radius 3 is 2.68 bits per heavy atom. The fraction of sp³-hybridized carbons (Fsp3) is 0.583. The first-order valence-corrected chi connectivity index (χ1v) is 6.79. The predicted octanol–water partition coefficient (Wildman–Crippen LogP) is 0.803. The lowest BCUT2D eigenvalue weighted by Gasteiger charge is -2.14. The highest BCUT2D eigenvalue weighted by Crippen LogP contribution is 2.06. The summed E-state index contributed by atoms with van der Waals surface area (Å²) in [5.41, 5.74) is 1.08. The molecule has 1 N–H and O–H groups in total. The van der Waals surface area contributed by atoms with Crippen LogP contribution in [0.15, 0.2) is 6.20 Å². The van der Waals surface area contributed by atoms with E-state index in [2.05, 4.69) is 23.0 Å². The summed E-state index contributed by atoms with van der Waals surface area (Å²) in [5.74, 6) is -0.637. The van der Waals surface area contributed by atoms with Gasteiger partial charge >= 0.3 is 5.97 Å². The zero-order chi connectivity index (χ0) is 14.4. The fourth-order valence-corrected chi connectivity index (χ4v) is 1.80. The van der Waals surface area contributed by atoms with Crippen LogP contribution in [0.5, 0.6) is 0 Å². The third-order valence-corrected chi connectivity index (χ3v) is 2.94. The second-order valence-corrected chi connectivity index (χ2v) is 4.31. The van der Waals surface area contributed by atoms with Crippen LogP contribution in [0.25, 0.3) is 0 Å². The van der Waals surface area contributed by atoms with Gasteiger partial charge in [-0.3, -0.25) is 9.48 Å². The van der Waals surface area contributed by atoms with E-state index < -0.39 is 12.0 Å². The van der Waals surface area contributed by atoms with Gasteiger partial charge in [0.15, 0.2) is 0 Å². The molecule has 7 heteroatoms. The van der Waals surface area contributed by atoms with Crippen LogP contribution >= 0.6 is 12.6 Å². The number of carbonyl (C=O) groups excluding carboxylic acids is 2. The van der Waals surface area contributed by atoms with Gasteiger partial charge in [-0.15, -0.1) is 0 Å². The Balaban J connectivity index is 2.76. The summed E-state index contributed by atoms with van der Waals surface area (Å²) >= 11 is 4.05. The van der Waals surface area contributed by atoms with Crippen LogP contribution in [0.3, 0.4) is 0 Å². The lowest BCUT2D eigenvalue weighted by atomic mass is 10.2. The Hall–Kier alpha value is -1.50. The number of aryl methyl sites for hydroxylation is 2. The molecule has 0 bridgehead atoms. The molecule has 0 fully saturated rings. The van der Waals surface area contributed by atoms with E-state index in [4.69, 9.17) is 4.74 Å². The van der Waals surface area contributed by atoms with Gasteiger partial charge in [0.2, 0.25) is 0 Å². The van der Waals surface area contributed by atoms with Crippen molar-refractivity contribution in [2.45, 2.75) is 33.4 Å². The quantitative estimate of drug-likeness (QED) is 0.599. The monoisotopic (exact) mass is 285 g/mol. The molecule has 0 radical (unpaired) electrons. The van der Waals surface area contributed by atoms with E-state index in [-0.39, 0.29) is 18.3 Å². The van der Waals surface area contributed by atoms with Crippen LogP contribution in [-0.4, -0.2) is 40.1 Å². The largest absolute Gasteiger partial charge is 0.464 e. The summed E-state index contributed by atoms with van der Waals surface area (Å²) in [6, 6.07) is -0.750. The van der Waals surface area contributed by atoms with Gasteiger partial charge in [-0.2, -0.15) is 17.7 Å². The number of amides is 1. The zero-order valence-electron chi connectivity index (χ0n) is 11.3. The molecule has 1 aromatic heterocycles. The molecule has 1 rings (SSSR count). The Morgan fingerprint density at radius 2 is 2.21 bits per heavy atom. The third-order valence-electron chi connectivity index (χ3n) is 2.57. The number of esters is 1. The van der Waals surface area contributed by atoms with Crippen LogP contribution in [0.1, 0.15) is 29.9 Å². The molecule has 1 heterocycles. The summed E-state index contributed by atoms with van der Waals surface area (Å²) in [7, 11) is 0. The molecule has 0 aliphatic rings. The summed E-state index contributed by atoms with van der Waals surface area (Å²) in [4.78, 5) is 23.6. The minimum absolute atomic E-state index is 0.186. The molecule has 1 aromatic rings. The molecule has 19 heavy (non-hydrogen) atoms. The molecular formula is C12H19N3O3S. The lowest BCUT2D eigenvalue weighted by Crippen LogP contribution is -2.43.